The number of benzene rings is 1. The highest BCUT2D eigenvalue weighted by Crippen LogP contribution is 2.29. The van der Waals surface area contributed by atoms with Gasteiger partial charge in [-0.15, -0.1) is 0 Å². The first kappa shape index (κ1) is 11.6. The van der Waals surface area contributed by atoms with Gasteiger partial charge in [-0.2, -0.15) is 0 Å². The molecule has 1 aromatic carbocycles. The number of aliphatic hydroxyl groups excluding tert-OH is 1. The highest BCUT2D eigenvalue weighted by molar-refractivity contribution is 5.83. The molecule has 0 saturated carbocycles. The number of nitrogens with two attached hydrogens (primary N) is 1. The number of nitrogen functional groups attached to an aromatic ring is 1. The Morgan fingerprint density at radius 3 is 2.68 bits per heavy atom. The fourth-order valence-corrected chi connectivity index (χ4v) is 1.93. The lowest BCUT2D eigenvalue weighted by molar-refractivity contribution is 0.215. The van der Waals surface area contributed by atoms with Crippen LogP contribution in [0.4, 0.5) is 5.69 Å². The fraction of sp³-hybridized carbons (Fsp3) is 0.0714. The molecule has 0 unspecified atom stereocenters. The Morgan fingerprint density at radius 1 is 1.16 bits per heavy atom. The second-order valence-corrected chi connectivity index (χ2v) is 4.14. The van der Waals surface area contributed by atoms with Crippen LogP contribution in [-0.4, -0.2) is 14.7 Å². The summed E-state index contributed by atoms with van der Waals surface area (Å²) >= 11 is 0. The summed E-state index contributed by atoms with van der Waals surface area (Å²) in [6.07, 6.45) is 3.43. The van der Waals surface area contributed by atoms with Gasteiger partial charge in [0.25, 0.3) is 0 Å². The number of anilines is 1. The molecular weight excluding hydrogens is 242 g/mol. The summed E-state index contributed by atoms with van der Waals surface area (Å²) in [5, 5.41) is 10.1. The molecule has 96 valence electrons. The van der Waals surface area contributed by atoms with Crippen molar-refractivity contribution in [2.75, 3.05) is 5.73 Å². The average Bonchev–Trinajstić information content (AvgIpc) is 2.85. The minimum atomic E-state index is -0.109. The molecule has 0 aliphatic carbocycles. The number of fused-ring (bicyclic) bond motifs is 1. The molecule has 5 heteroatoms. The predicted octanol–water partition coefficient (Wildman–Crippen LogP) is 2.36. The SMILES string of the molecule is Nc1ccc(Oc2ccnc3c2ccn3CO)cc1. The lowest BCUT2D eigenvalue weighted by Crippen LogP contribution is -1.95. The van der Waals surface area contributed by atoms with Crippen molar-refractivity contribution in [2.24, 2.45) is 0 Å². The molecule has 0 atom stereocenters. The molecule has 0 bridgehead atoms. The van der Waals surface area contributed by atoms with E-state index in [1.807, 2.05) is 18.2 Å². The number of pyridine rings is 1. The second kappa shape index (κ2) is 4.62. The first-order chi connectivity index (χ1) is 9.28. The third-order valence-corrected chi connectivity index (χ3v) is 2.88. The van der Waals surface area contributed by atoms with Crippen molar-refractivity contribution in [3.8, 4) is 11.5 Å². The molecule has 0 aliphatic heterocycles. The van der Waals surface area contributed by atoms with Gasteiger partial charge in [0, 0.05) is 18.1 Å². The molecule has 0 amide bonds. The summed E-state index contributed by atoms with van der Waals surface area (Å²) in [6, 6.07) is 10.8. The molecular formula is C14H13N3O2. The van der Waals surface area contributed by atoms with E-state index in [0.29, 0.717) is 22.8 Å². The third-order valence-electron chi connectivity index (χ3n) is 2.88. The van der Waals surface area contributed by atoms with E-state index < -0.39 is 0 Å². The number of nitrogens with zero attached hydrogens (tertiary/aromatic N) is 2. The Kier molecular flexibility index (Phi) is 2.81. The summed E-state index contributed by atoms with van der Waals surface area (Å²) in [7, 11) is 0. The molecule has 0 fully saturated rings. The average molecular weight is 255 g/mol. The van der Waals surface area contributed by atoms with Crippen LogP contribution in [0.1, 0.15) is 0 Å². The van der Waals surface area contributed by atoms with Gasteiger partial charge >= 0.3 is 0 Å². The Bertz CT molecular complexity index is 704. The lowest BCUT2D eigenvalue weighted by atomic mass is 10.3. The van der Waals surface area contributed by atoms with Crippen molar-refractivity contribution in [1.82, 2.24) is 9.55 Å². The van der Waals surface area contributed by atoms with E-state index in [9.17, 15) is 5.11 Å². The minimum Gasteiger partial charge on any atom is -0.457 e. The number of aliphatic hydroxyl groups is 1. The highest BCUT2D eigenvalue weighted by Gasteiger charge is 2.08. The summed E-state index contributed by atoms with van der Waals surface area (Å²) in [4.78, 5) is 4.23. The monoisotopic (exact) mass is 255 g/mol. The molecule has 2 heterocycles. The van der Waals surface area contributed by atoms with E-state index >= 15 is 0 Å². The maximum atomic E-state index is 9.20. The maximum absolute atomic E-state index is 9.20. The molecule has 19 heavy (non-hydrogen) atoms. The van der Waals surface area contributed by atoms with Crippen LogP contribution in [0.15, 0.2) is 48.8 Å². The molecule has 0 radical (unpaired) electrons. The Balaban J connectivity index is 2.01. The van der Waals surface area contributed by atoms with Crippen molar-refractivity contribution in [2.45, 2.75) is 6.73 Å². The fourth-order valence-electron chi connectivity index (χ4n) is 1.93. The maximum Gasteiger partial charge on any atom is 0.145 e. The zero-order valence-electron chi connectivity index (χ0n) is 10.2. The van der Waals surface area contributed by atoms with Gasteiger partial charge in [-0.25, -0.2) is 4.98 Å². The molecule has 3 rings (SSSR count). The van der Waals surface area contributed by atoms with E-state index in [0.717, 1.165) is 5.39 Å². The van der Waals surface area contributed by atoms with E-state index in [4.69, 9.17) is 10.5 Å². The van der Waals surface area contributed by atoms with E-state index in [2.05, 4.69) is 4.98 Å². The molecule has 3 aromatic rings. The zero-order chi connectivity index (χ0) is 13.2. The molecule has 0 saturated heterocycles. The first-order valence-corrected chi connectivity index (χ1v) is 5.86. The van der Waals surface area contributed by atoms with Crippen molar-refractivity contribution in [1.29, 1.82) is 0 Å². The van der Waals surface area contributed by atoms with Crippen molar-refractivity contribution in [3.63, 3.8) is 0 Å². The van der Waals surface area contributed by atoms with Gasteiger partial charge in [0.2, 0.25) is 0 Å². The van der Waals surface area contributed by atoms with Crippen LogP contribution in [0.3, 0.4) is 0 Å². The number of hydrogen-bond donors (Lipinski definition) is 2. The van der Waals surface area contributed by atoms with Crippen LogP contribution >= 0.6 is 0 Å². The number of hydrogen-bond acceptors (Lipinski definition) is 4. The number of aromatic nitrogens is 2. The van der Waals surface area contributed by atoms with Gasteiger partial charge in [0.05, 0.1) is 5.39 Å². The molecule has 3 N–H and O–H groups in total. The van der Waals surface area contributed by atoms with Crippen LogP contribution in [0.2, 0.25) is 0 Å². The zero-order valence-corrected chi connectivity index (χ0v) is 10.2. The van der Waals surface area contributed by atoms with Crippen LogP contribution < -0.4 is 10.5 Å². The van der Waals surface area contributed by atoms with Gasteiger partial charge in [-0.1, -0.05) is 0 Å². The molecule has 2 aromatic heterocycles. The lowest BCUT2D eigenvalue weighted by Gasteiger charge is -2.07. The quantitative estimate of drug-likeness (QED) is 0.705. The topological polar surface area (TPSA) is 73.3 Å². The van der Waals surface area contributed by atoms with E-state index in [1.165, 1.54) is 0 Å². The van der Waals surface area contributed by atoms with Crippen LogP contribution in [0, 0.1) is 0 Å². The highest BCUT2D eigenvalue weighted by atomic mass is 16.5. The Labute approximate surface area is 109 Å². The molecule has 0 aliphatic rings. The predicted molar refractivity (Wildman–Crippen MR) is 72.9 cm³/mol. The van der Waals surface area contributed by atoms with E-state index in [1.54, 1.807) is 35.2 Å². The van der Waals surface area contributed by atoms with Gasteiger partial charge in [-0.05, 0) is 36.4 Å². The number of rotatable bonds is 3. The summed E-state index contributed by atoms with van der Waals surface area (Å²) in [5.41, 5.74) is 7.02. The van der Waals surface area contributed by atoms with Crippen molar-refractivity contribution >= 4 is 16.7 Å². The third kappa shape index (κ3) is 2.11. The van der Waals surface area contributed by atoms with Crippen LogP contribution in [0.25, 0.3) is 11.0 Å². The van der Waals surface area contributed by atoms with Gasteiger partial charge in [0.15, 0.2) is 0 Å². The Hall–Kier alpha value is -2.53. The smallest absolute Gasteiger partial charge is 0.145 e. The normalized spacial score (nSPS) is 10.8. The van der Waals surface area contributed by atoms with Gasteiger partial charge < -0.3 is 20.1 Å². The minimum absolute atomic E-state index is 0.109. The van der Waals surface area contributed by atoms with Gasteiger partial charge in [0.1, 0.15) is 23.9 Å². The summed E-state index contributed by atoms with van der Waals surface area (Å²) in [6.45, 7) is -0.109. The van der Waals surface area contributed by atoms with Crippen LogP contribution in [0.5, 0.6) is 11.5 Å². The second-order valence-electron chi connectivity index (χ2n) is 4.14. The van der Waals surface area contributed by atoms with Crippen LogP contribution in [-0.2, 0) is 6.73 Å². The standard InChI is InChI=1S/C14H13N3O2/c15-10-1-3-11(4-2-10)19-13-5-7-16-14-12(13)6-8-17(14)9-18/h1-8,18H,9,15H2. The summed E-state index contributed by atoms with van der Waals surface area (Å²) < 4.78 is 7.46. The first-order valence-electron chi connectivity index (χ1n) is 5.86. The molecule has 5 nitrogen and oxygen atoms in total. The van der Waals surface area contributed by atoms with Gasteiger partial charge in [-0.3, -0.25) is 0 Å². The summed E-state index contributed by atoms with van der Waals surface area (Å²) in [5.74, 6) is 1.40. The van der Waals surface area contributed by atoms with Crippen molar-refractivity contribution in [3.05, 3.63) is 48.8 Å². The Morgan fingerprint density at radius 2 is 1.95 bits per heavy atom. The largest absolute Gasteiger partial charge is 0.457 e. The van der Waals surface area contributed by atoms with Crippen molar-refractivity contribution < 1.29 is 9.84 Å². The van der Waals surface area contributed by atoms with E-state index in [-0.39, 0.29) is 6.73 Å². The molecule has 0 spiro atoms. The number of ether oxygens (including phenoxy) is 1.